The van der Waals surface area contributed by atoms with Gasteiger partial charge in [-0.2, -0.15) is 26.3 Å². The van der Waals surface area contributed by atoms with Gasteiger partial charge in [-0.15, -0.1) is 0 Å². The Labute approximate surface area is 196 Å². The highest BCUT2D eigenvalue weighted by atomic mass is 19.4. The summed E-state index contributed by atoms with van der Waals surface area (Å²) in [5.74, 6) is -1.74. The van der Waals surface area contributed by atoms with Crippen molar-refractivity contribution in [1.82, 2.24) is 4.90 Å². The molecule has 0 spiro atoms. The van der Waals surface area contributed by atoms with Crippen LogP contribution in [-0.2, 0) is 12.7 Å². The van der Waals surface area contributed by atoms with Crippen molar-refractivity contribution >= 4 is 10.8 Å². The average Bonchev–Trinajstić information content (AvgIpc) is 2.75. The highest BCUT2D eigenvalue weighted by Gasteiger charge is 2.42. The predicted molar refractivity (Wildman–Crippen MR) is 122 cm³/mol. The molecule has 3 rings (SSSR count). The summed E-state index contributed by atoms with van der Waals surface area (Å²) in [4.78, 5) is 2.05. The first-order chi connectivity index (χ1) is 15.9. The van der Waals surface area contributed by atoms with Gasteiger partial charge in [0.1, 0.15) is 11.3 Å². The minimum atomic E-state index is -4.67. The van der Waals surface area contributed by atoms with E-state index >= 15 is 0 Å². The fourth-order valence-electron chi connectivity index (χ4n) is 4.58. The van der Waals surface area contributed by atoms with Crippen molar-refractivity contribution in [1.29, 1.82) is 0 Å². The molecule has 1 aliphatic carbocycles. The molecule has 0 saturated heterocycles. The van der Waals surface area contributed by atoms with Gasteiger partial charge >= 0.3 is 12.4 Å². The van der Waals surface area contributed by atoms with Crippen LogP contribution in [0.1, 0.15) is 63.5 Å². The predicted octanol–water partition coefficient (Wildman–Crippen LogP) is 8.49. The Hall–Kier alpha value is -2.38. The molecule has 1 saturated carbocycles. The van der Waals surface area contributed by atoms with E-state index in [1.54, 1.807) is 12.1 Å². The van der Waals surface area contributed by atoms with Crippen molar-refractivity contribution in [3.05, 3.63) is 53.7 Å². The fourth-order valence-corrected chi connectivity index (χ4v) is 4.58. The lowest BCUT2D eigenvalue weighted by atomic mass is 9.87. The first-order valence-electron chi connectivity index (χ1n) is 11.7. The van der Waals surface area contributed by atoms with Crippen molar-refractivity contribution < 1.29 is 31.1 Å². The largest absolute Gasteiger partial charge is 0.490 e. The van der Waals surface area contributed by atoms with Gasteiger partial charge in [0, 0.05) is 18.8 Å². The molecule has 0 bridgehead atoms. The first kappa shape index (κ1) is 26.2. The van der Waals surface area contributed by atoms with E-state index in [1.165, 1.54) is 12.1 Å². The molecule has 0 unspecified atom stereocenters. The van der Waals surface area contributed by atoms with Crippen LogP contribution in [0.5, 0.6) is 5.75 Å². The van der Waals surface area contributed by atoms with E-state index in [1.807, 2.05) is 13.0 Å². The molecule has 1 aliphatic rings. The van der Waals surface area contributed by atoms with E-state index in [9.17, 15) is 26.3 Å². The van der Waals surface area contributed by atoms with Crippen LogP contribution in [-0.4, -0.2) is 23.7 Å². The van der Waals surface area contributed by atoms with Gasteiger partial charge in [0.25, 0.3) is 0 Å². The Balaban J connectivity index is 1.92. The second kappa shape index (κ2) is 10.5. The molecular weight excluding hydrogens is 456 g/mol. The van der Waals surface area contributed by atoms with Crippen LogP contribution < -0.4 is 4.74 Å². The Morgan fingerprint density at radius 1 is 1.00 bits per heavy atom. The topological polar surface area (TPSA) is 12.5 Å². The molecule has 2 nitrogen and oxygen atoms in total. The van der Waals surface area contributed by atoms with E-state index in [4.69, 9.17) is 4.74 Å². The Bertz CT molecular complexity index is 989. The van der Waals surface area contributed by atoms with Gasteiger partial charge in [-0.05, 0) is 61.4 Å². The lowest BCUT2D eigenvalue weighted by molar-refractivity contribution is -0.185. The van der Waals surface area contributed by atoms with Crippen molar-refractivity contribution in [2.45, 2.75) is 77.4 Å². The average molecular weight is 488 g/mol. The molecule has 0 aromatic heterocycles. The molecule has 1 fully saturated rings. The summed E-state index contributed by atoms with van der Waals surface area (Å²) in [6.45, 7) is 9.14. The maximum absolute atomic E-state index is 14.2. The summed E-state index contributed by atoms with van der Waals surface area (Å²) in [6.07, 6.45) is -7.82. The number of alkyl halides is 6. The fraction of sp³-hybridized carbons (Fsp3) is 0.538. The molecule has 0 N–H and O–H groups in total. The molecular formula is C26H31F6NO. The lowest BCUT2D eigenvalue weighted by Gasteiger charge is -2.31. The van der Waals surface area contributed by atoms with E-state index in [0.717, 1.165) is 30.6 Å². The van der Waals surface area contributed by atoms with E-state index in [0.29, 0.717) is 11.9 Å². The van der Waals surface area contributed by atoms with Gasteiger partial charge < -0.3 is 9.64 Å². The second-order valence-electron chi connectivity index (χ2n) is 9.09. The van der Waals surface area contributed by atoms with Gasteiger partial charge in [-0.1, -0.05) is 44.2 Å². The molecule has 2 aromatic carbocycles. The van der Waals surface area contributed by atoms with Gasteiger partial charge in [0.05, 0.1) is 12.0 Å². The van der Waals surface area contributed by atoms with Gasteiger partial charge in [-0.3, -0.25) is 0 Å². The SMILES string of the molecule is C=C(C)N(CCCC)Cc1cccc2c(C(F)(F)F)c(O[C@H]3CC[C@@H](C(F)(F)F)CC3)ccc12. The van der Waals surface area contributed by atoms with Crippen LogP contribution in [0.4, 0.5) is 26.3 Å². The summed E-state index contributed by atoms with van der Waals surface area (Å²) in [5.41, 5.74) is 0.718. The molecule has 34 heavy (non-hydrogen) atoms. The van der Waals surface area contributed by atoms with Crippen LogP contribution in [0.15, 0.2) is 42.6 Å². The number of fused-ring (bicyclic) bond motifs is 1. The van der Waals surface area contributed by atoms with Crippen LogP contribution in [0, 0.1) is 5.92 Å². The third kappa shape index (κ3) is 6.19. The number of halogens is 6. The minimum absolute atomic E-state index is 0.0311. The quantitative estimate of drug-likeness (QED) is 0.346. The third-order valence-electron chi connectivity index (χ3n) is 6.51. The zero-order chi connectivity index (χ0) is 25.1. The zero-order valence-electron chi connectivity index (χ0n) is 19.5. The number of unbranched alkanes of at least 4 members (excludes halogenated alkanes) is 1. The molecule has 8 heteroatoms. The van der Waals surface area contributed by atoms with Crippen molar-refractivity contribution in [2.75, 3.05) is 6.54 Å². The highest BCUT2D eigenvalue weighted by molar-refractivity contribution is 5.91. The summed E-state index contributed by atoms with van der Waals surface area (Å²) < 4.78 is 87.1. The lowest BCUT2D eigenvalue weighted by Crippen LogP contribution is -2.32. The maximum Gasteiger partial charge on any atom is 0.420 e. The monoisotopic (exact) mass is 487 g/mol. The number of rotatable bonds is 8. The summed E-state index contributed by atoms with van der Waals surface area (Å²) in [5, 5.41) is 0.509. The molecule has 2 aromatic rings. The summed E-state index contributed by atoms with van der Waals surface area (Å²) >= 11 is 0. The van der Waals surface area contributed by atoms with E-state index in [2.05, 4.69) is 18.4 Å². The van der Waals surface area contributed by atoms with Gasteiger partial charge in [0.15, 0.2) is 0 Å². The Morgan fingerprint density at radius 3 is 2.24 bits per heavy atom. The Morgan fingerprint density at radius 2 is 1.68 bits per heavy atom. The van der Waals surface area contributed by atoms with Crippen LogP contribution in [0.2, 0.25) is 0 Å². The number of nitrogens with zero attached hydrogens (tertiary/aromatic N) is 1. The maximum atomic E-state index is 14.2. The summed E-state index contributed by atoms with van der Waals surface area (Å²) in [6, 6.07) is 7.76. The zero-order valence-corrected chi connectivity index (χ0v) is 19.5. The third-order valence-corrected chi connectivity index (χ3v) is 6.51. The van der Waals surface area contributed by atoms with E-state index < -0.39 is 29.9 Å². The molecule has 0 radical (unpaired) electrons. The van der Waals surface area contributed by atoms with Crippen LogP contribution >= 0.6 is 0 Å². The molecule has 0 heterocycles. The second-order valence-corrected chi connectivity index (χ2v) is 9.09. The molecule has 0 aliphatic heterocycles. The van der Waals surface area contributed by atoms with Gasteiger partial charge in [-0.25, -0.2) is 0 Å². The number of benzene rings is 2. The Kier molecular flexibility index (Phi) is 8.09. The van der Waals surface area contributed by atoms with Crippen LogP contribution in [0.25, 0.3) is 10.8 Å². The molecule has 188 valence electrons. The van der Waals surface area contributed by atoms with Crippen molar-refractivity contribution in [3.63, 3.8) is 0 Å². The van der Waals surface area contributed by atoms with Crippen LogP contribution in [0.3, 0.4) is 0 Å². The minimum Gasteiger partial charge on any atom is -0.490 e. The van der Waals surface area contributed by atoms with Crippen molar-refractivity contribution in [2.24, 2.45) is 5.92 Å². The standard InChI is InChI=1S/C26H31F6NO/c1-4-5-15-33(17(2)3)16-18-7-6-8-22-21(18)13-14-23(24(22)26(30,31)32)34-20-11-9-19(10-12-20)25(27,28)29/h6-8,13-14,19-20H,2,4-5,9-12,15-16H2,1,3H3/t19-,20+. The molecule has 0 amide bonds. The normalized spacial score (nSPS) is 19.3. The number of ether oxygens (including phenoxy) is 1. The number of allylic oxidation sites excluding steroid dienone is 1. The van der Waals surface area contributed by atoms with Crippen molar-refractivity contribution in [3.8, 4) is 5.75 Å². The summed E-state index contributed by atoms with van der Waals surface area (Å²) in [7, 11) is 0. The van der Waals surface area contributed by atoms with E-state index in [-0.39, 0.29) is 36.8 Å². The smallest absolute Gasteiger partial charge is 0.420 e. The number of hydrogen-bond acceptors (Lipinski definition) is 2. The highest BCUT2D eigenvalue weighted by Crippen LogP contribution is 2.44. The first-order valence-corrected chi connectivity index (χ1v) is 11.7. The number of hydrogen-bond donors (Lipinski definition) is 0. The van der Waals surface area contributed by atoms with Gasteiger partial charge in [0.2, 0.25) is 0 Å². The molecule has 0 atom stereocenters.